The highest BCUT2D eigenvalue weighted by Gasteiger charge is 2.37. The number of allylic oxidation sites excluding steroid dienone is 3. The first-order chi connectivity index (χ1) is 17.2. The molecule has 1 aromatic rings. The zero-order valence-electron chi connectivity index (χ0n) is 21.0. The lowest BCUT2D eigenvalue weighted by atomic mass is 9.75. The Morgan fingerprint density at radius 1 is 1.25 bits per heavy atom. The van der Waals surface area contributed by atoms with E-state index < -0.39 is 10.0 Å². The number of hydrogen-bond acceptors (Lipinski definition) is 4. The number of urea groups is 1. The molecule has 1 aliphatic carbocycles. The van der Waals surface area contributed by atoms with E-state index in [1.165, 1.54) is 6.26 Å². The molecule has 2 aliphatic heterocycles. The maximum absolute atomic E-state index is 12.1. The zero-order chi connectivity index (χ0) is 25.9. The summed E-state index contributed by atoms with van der Waals surface area (Å²) in [5.74, 6) is 0.235. The molecule has 1 aromatic carbocycles. The number of hydrogen-bond donors (Lipinski definition) is 1. The Kier molecular flexibility index (Phi) is 8.37. The van der Waals surface area contributed by atoms with E-state index in [-0.39, 0.29) is 17.9 Å². The van der Waals surface area contributed by atoms with Crippen molar-refractivity contribution in [2.45, 2.75) is 38.5 Å². The number of carbonyl (C=O) groups excluding carboxylic acids is 1. The summed E-state index contributed by atoms with van der Waals surface area (Å²) in [7, 11) is -3.21. The molecule has 3 aliphatic rings. The minimum atomic E-state index is -3.21. The first kappa shape index (κ1) is 26.6. The van der Waals surface area contributed by atoms with Gasteiger partial charge in [-0.1, -0.05) is 36.4 Å². The third-order valence-electron chi connectivity index (χ3n) is 7.41. The fraction of sp³-hybridized carbons (Fsp3) is 0.481. The van der Waals surface area contributed by atoms with E-state index in [2.05, 4.69) is 30.1 Å². The Balaban J connectivity index is 1.68. The Bertz CT molecular complexity index is 1210. The summed E-state index contributed by atoms with van der Waals surface area (Å²) in [6, 6.07) is 6.02. The number of sulfonamides is 1. The summed E-state index contributed by atoms with van der Waals surface area (Å²) in [5.41, 5.74) is 5.45. The molecule has 2 saturated heterocycles. The van der Waals surface area contributed by atoms with E-state index in [1.807, 2.05) is 24.0 Å². The summed E-state index contributed by atoms with van der Waals surface area (Å²) in [4.78, 5) is 18.7. The molecule has 0 aromatic heterocycles. The van der Waals surface area contributed by atoms with Crippen LogP contribution in [-0.2, 0) is 10.0 Å². The van der Waals surface area contributed by atoms with Gasteiger partial charge in [0.15, 0.2) is 0 Å². The summed E-state index contributed by atoms with van der Waals surface area (Å²) in [6.07, 6.45) is 10.4. The number of amides is 2. The third-order valence-corrected chi connectivity index (χ3v) is 8.95. The van der Waals surface area contributed by atoms with Gasteiger partial charge < -0.3 is 10.2 Å². The molecule has 36 heavy (non-hydrogen) atoms. The van der Waals surface area contributed by atoms with Crippen LogP contribution in [-0.4, -0.2) is 68.3 Å². The highest BCUT2D eigenvalue weighted by atomic mass is 35.5. The van der Waals surface area contributed by atoms with Gasteiger partial charge in [-0.2, -0.15) is 0 Å². The predicted molar refractivity (Wildman–Crippen MR) is 147 cm³/mol. The fourth-order valence-electron chi connectivity index (χ4n) is 5.69. The number of carbonyl (C=O) groups is 1. The lowest BCUT2D eigenvalue weighted by Crippen LogP contribution is -2.40. The van der Waals surface area contributed by atoms with Gasteiger partial charge >= 0.3 is 6.03 Å². The average Bonchev–Trinajstić information content (AvgIpc) is 3.19. The Hall–Kier alpha value is -2.42. The van der Waals surface area contributed by atoms with E-state index in [9.17, 15) is 13.2 Å². The van der Waals surface area contributed by atoms with Crippen LogP contribution < -0.4 is 5.32 Å². The Morgan fingerprint density at radius 3 is 2.61 bits per heavy atom. The van der Waals surface area contributed by atoms with Crippen LogP contribution in [0.4, 0.5) is 4.79 Å². The van der Waals surface area contributed by atoms with E-state index >= 15 is 0 Å². The van der Waals surface area contributed by atoms with E-state index in [0.29, 0.717) is 31.2 Å². The smallest absolute Gasteiger partial charge is 0.317 e. The zero-order valence-corrected chi connectivity index (χ0v) is 22.6. The van der Waals surface area contributed by atoms with Crippen molar-refractivity contribution in [2.24, 2.45) is 10.9 Å². The van der Waals surface area contributed by atoms with Gasteiger partial charge in [-0.3, -0.25) is 4.99 Å². The van der Waals surface area contributed by atoms with Crippen molar-refractivity contribution >= 4 is 39.4 Å². The van der Waals surface area contributed by atoms with Crippen molar-refractivity contribution in [3.8, 4) is 0 Å². The van der Waals surface area contributed by atoms with Gasteiger partial charge in [-0.05, 0) is 72.9 Å². The number of aliphatic imine (C=N–C) groups is 1. The second-order valence-electron chi connectivity index (χ2n) is 9.64. The maximum atomic E-state index is 12.1. The van der Waals surface area contributed by atoms with Gasteiger partial charge in [-0.15, -0.1) is 0 Å². The van der Waals surface area contributed by atoms with Crippen molar-refractivity contribution in [1.82, 2.24) is 14.5 Å². The number of piperidine rings is 1. The Morgan fingerprint density at radius 2 is 2.00 bits per heavy atom. The van der Waals surface area contributed by atoms with Gasteiger partial charge in [0, 0.05) is 49.9 Å². The summed E-state index contributed by atoms with van der Waals surface area (Å²) >= 11 is 6.44. The largest absolute Gasteiger partial charge is 0.336 e. The molecule has 7 nitrogen and oxygen atoms in total. The molecule has 0 radical (unpaired) electrons. The SMILES string of the molecule is C=CN=C1/C(=C\C)C(CCCN2CCNC2=O)=Cc2cc(Cl)ccc2C1C1CCN(S(C)(=O)=O)CC1. The molecule has 194 valence electrons. The van der Waals surface area contributed by atoms with Gasteiger partial charge in [0.2, 0.25) is 10.0 Å². The molecule has 1 N–H and O–H groups in total. The van der Waals surface area contributed by atoms with Gasteiger partial charge in [-0.25, -0.2) is 17.5 Å². The van der Waals surface area contributed by atoms with Crippen LogP contribution >= 0.6 is 11.6 Å². The number of nitrogens with zero attached hydrogens (tertiary/aromatic N) is 3. The van der Waals surface area contributed by atoms with Gasteiger partial charge in [0.05, 0.1) is 12.0 Å². The molecule has 2 amide bonds. The van der Waals surface area contributed by atoms with Crippen LogP contribution in [0.5, 0.6) is 0 Å². The predicted octanol–water partition coefficient (Wildman–Crippen LogP) is 4.83. The van der Waals surface area contributed by atoms with Crippen LogP contribution in [0.15, 0.2) is 53.2 Å². The van der Waals surface area contributed by atoms with E-state index in [0.717, 1.165) is 60.2 Å². The summed E-state index contributed by atoms with van der Waals surface area (Å²) in [6.45, 7) is 9.08. The molecule has 2 fully saturated rings. The van der Waals surface area contributed by atoms with Crippen LogP contribution in [0.25, 0.3) is 6.08 Å². The normalized spacial score (nSPS) is 24.0. The number of nitrogens with one attached hydrogen (secondary N) is 1. The quantitative estimate of drug-likeness (QED) is 0.548. The second kappa shape index (κ2) is 11.3. The van der Waals surface area contributed by atoms with Crippen LogP contribution in [0.1, 0.15) is 49.7 Å². The first-order valence-electron chi connectivity index (χ1n) is 12.6. The number of halogens is 1. The molecule has 9 heteroatoms. The summed E-state index contributed by atoms with van der Waals surface area (Å²) in [5, 5.41) is 3.54. The molecule has 2 heterocycles. The van der Waals surface area contributed by atoms with Crippen molar-refractivity contribution in [1.29, 1.82) is 0 Å². The maximum Gasteiger partial charge on any atom is 0.317 e. The van der Waals surface area contributed by atoms with Crippen molar-refractivity contribution in [2.75, 3.05) is 39.0 Å². The lowest BCUT2D eigenvalue weighted by Gasteiger charge is -2.36. The molecular formula is C27H35ClN4O3S. The molecule has 4 rings (SSSR count). The molecule has 0 saturated carbocycles. The van der Waals surface area contributed by atoms with E-state index in [1.54, 1.807) is 10.5 Å². The fourth-order valence-corrected chi connectivity index (χ4v) is 6.74. The van der Waals surface area contributed by atoms with Gasteiger partial charge in [0.1, 0.15) is 0 Å². The molecule has 1 unspecified atom stereocenters. The monoisotopic (exact) mass is 530 g/mol. The summed E-state index contributed by atoms with van der Waals surface area (Å²) < 4.78 is 25.8. The highest BCUT2D eigenvalue weighted by Crippen LogP contribution is 2.43. The Labute approximate surface area is 219 Å². The molecular weight excluding hydrogens is 496 g/mol. The van der Waals surface area contributed by atoms with E-state index in [4.69, 9.17) is 16.6 Å². The highest BCUT2D eigenvalue weighted by molar-refractivity contribution is 7.88. The second-order valence-corrected chi connectivity index (χ2v) is 12.1. The number of rotatable bonds is 7. The molecule has 0 bridgehead atoms. The molecule has 0 spiro atoms. The van der Waals surface area contributed by atoms with Crippen LogP contribution in [0, 0.1) is 5.92 Å². The standard InChI is InChI=1S/C27H35ClN4O3S/c1-4-23-20(7-6-13-31-16-12-30-27(31)33)17-21-18-22(28)8-9-24(21)25(26(23)29-5-2)19-10-14-32(15-11-19)36(3,34)35/h4-5,8-9,17-19,25H,2,6-7,10-16H2,1,3H3,(H,30,33)/b23-4-,29-26?. The first-order valence-corrected chi connectivity index (χ1v) is 14.8. The van der Waals surface area contributed by atoms with Gasteiger partial charge in [0.25, 0.3) is 0 Å². The van der Waals surface area contributed by atoms with Crippen LogP contribution in [0.3, 0.4) is 0 Å². The van der Waals surface area contributed by atoms with Crippen molar-refractivity contribution in [3.05, 3.63) is 64.3 Å². The third kappa shape index (κ3) is 5.76. The minimum absolute atomic E-state index is 0.00119. The molecule has 1 atom stereocenters. The van der Waals surface area contributed by atoms with Crippen molar-refractivity contribution in [3.63, 3.8) is 0 Å². The minimum Gasteiger partial charge on any atom is -0.336 e. The topological polar surface area (TPSA) is 82.1 Å². The lowest BCUT2D eigenvalue weighted by molar-refractivity contribution is 0.217. The van der Waals surface area contributed by atoms with Crippen LogP contribution in [0.2, 0.25) is 5.02 Å². The number of benzene rings is 1. The van der Waals surface area contributed by atoms with Crippen molar-refractivity contribution < 1.29 is 13.2 Å². The number of fused-ring (bicyclic) bond motifs is 1. The average molecular weight is 531 g/mol.